The maximum atomic E-state index is 11.8. The molecule has 0 heterocycles. The van der Waals surface area contributed by atoms with E-state index in [4.69, 9.17) is 5.73 Å². The van der Waals surface area contributed by atoms with E-state index in [1.54, 1.807) is 0 Å². The normalized spacial score (nSPS) is 11.3. The highest BCUT2D eigenvalue weighted by molar-refractivity contribution is 5.81. The molecule has 0 aliphatic heterocycles. The number of carbonyl (C=O) groups is 1. The molecule has 0 aliphatic rings. The Balaban J connectivity index is 2.51. The third-order valence-electron chi connectivity index (χ3n) is 3.14. The topological polar surface area (TPSA) is 55.1 Å². The molecule has 0 aliphatic carbocycles. The zero-order valence-corrected chi connectivity index (χ0v) is 11.6. The third-order valence-corrected chi connectivity index (χ3v) is 3.14. The second-order valence-electron chi connectivity index (χ2n) is 5.34. The molecule has 3 nitrogen and oxygen atoms in total. The minimum absolute atomic E-state index is 0.00244. The van der Waals surface area contributed by atoms with E-state index in [2.05, 4.69) is 36.5 Å². The van der Waals surface area contributed by atoms with Gasteiger partial charge < -0.3 is 11.1 Å². The van der Waals surface area contributed by atoms with Crippen LogP contribution in [0, 0.1) is 5.41 Å². The lowest BCUT2D eigenvalue weighted by Crippen LogP contribution is -2.41. The first-order valence-corrected chi connectivity index (χ1v) is 6.56. The molecule has 1 rings (SSSR count). The van der Waals surface area contributed by atoms with Crippen LogP contribution in [-0.4, -0.2) is 12.5 Å². The fraction of sp³-hybridized carbons (Fsp3) is 0.533. The van der Waals surface area contributed by atoms with E-state index in [-0.39, 0.29) is 5.91 Å². The Morgan fingerprint density at radius 2 is 1.78 bits per heavy atom. The largest absolute Gasteiger partial charge is 0.352 e. The lowest BCUT2D eigenvalue weighted by atomic mass is 9.92. The third kappa shape index (κ3) is 4.15. The summed E-state index contributed by atoms with van der Waals surface area (Å²) >= 11 is 0. The molecule has 1 aromatic rings. The van der Waals surface area contributed by atoms with Crippen LogP contribution in [0.2, 0.25) is 0 Å². The molecular weight excluding hydrogens is 224 g/mol. The zero-order valence-electron chi connectivity index (χ0n) is 11.6. The van der Waals surface area contributed by atoms with E-state index >= 15 is 0 Å². The molecule has 0 aromatic heterocycles. The molecule has 0 spiro atoms. The first kappa shape index (κ1) is 14.7. The number of aryl methyl sites for hydroxylation is 1. The van der Waals surface area contributed by atoms with Gasteiger partial charge in [-0.05, 0) is 31.4 Å². The number of amides is 1. The van der Waals surface area contributed by atoms with Crippen molar-refractivity contribution >= 4 is 5.91 Å². The van der Waals surface area contributed by atoms with Crippen LogP contribution < -0.4 is 11.1 Å². The lowest BCUT2D eigenvalue weighted by molar-refractivity contribution is -0.129. The second kappa shape index (κ2) is 6.55. The number of nitrogens with two attached hydrogens (primary N) is 1. The maximum Gasteiger partial charge on any atom is 0.227 e. The molecule has 100 valence electrons. The van der Waals surface area contributed by atoms with Gasteiger partial charge in [-0.2, -0.15) is 0 Å². The number of nitrogens with one attached hydrogen (secondary N) is 1. The number of hydrogen-bond acceptors (Lipinski definition) is 2. The van der Waals surface area contributed by atoms with Crippen LogP contribution >= 0.6 is 0 Å². The quantitative estimate of drug-likeness (QED) is 0.811. The van der Waals surface area contributed by atoms with Crippen molar-refractivity contribution in [2.75, 3.05) is 6.54 Å². The van der Waals surface area contributed by atoms with Crippen molar-refractivity contribution in [3.05, 3.63) is 35.4 Å². The Hall–Kier alpha value is -1.35. The van der Waals surface area contributed by atoms with Crippen molar-refractivity contribution in [1.82, 2.24) is 5.32 Å². The first-order chi connectivity index (χ1) is 8.49. The zero-order chi connectivity index (χ0) is 13.6. The molecule has 0 radical (unpaired) electrons. The summed E-state index contributed by atoms with van der Waals surface area (Å²) in [5, 5.41) is 2.92. The average molecular weight is 248 g/mol. The highest BCUT2D eigenvalue weighted by Crippen LogP contribution is 2.13. The van der Waals surface area contributed by atoms with E-state index in [0.29, 0.717) is 13.1 Å². The van der Waals surface area contributed by atoms with Gasteiger partial charge in [-0.3, -0.25) is 4.79 Å². The summed E-state index contributed by atoms with van der Waals surface area (Å²) in [6.07, 6.45) is 2.26. The van der Waals surface area contributed by atoms with Gasteiger partial charge >= 0.3 is 0 Å². The SMILES string of the molecule is CCCc1ccc(CNC(=O)C(C)(C)CN)cc1. The predicted octanol–water partition coefficient (Wildman–Crippen LogP) is 2.24. The standard InChI is InChI=1S/C15H24N2O/c1-4-5-12-6-8-13(9-7-12)10-17-14(18)15(2,3)11-16/h6-9H,4-5,10-11,16H2,1-3H3,(H,17,18). The molecule has 3 heteroatoms. The van der Waals surface area contributed by atoms with E-state index < -0.39 is 5.41 Å². The molecule has 0 saturated carbocycles. The summed E-state index contributed by atoms with van der Waals surface area (Å²) in [5.74, 6) is 0.00244. The number of rotatable bonds is 6. The van der Waals surface area contributed by atoms with Crippen molar-refractivity contribution in [2.24, 2.45) is 11.1 Å². The summed E-state index contributed by atoms with van der Waals surface area (Å²) in [4.78, 5) is 11.8. The molecule has 1 aromatic carbocycles. The average Bonchev–Trinajstić information content (AvgIpc) is 2.38. The Morgan fingerprint density at radius 3 is 2.28 bits per heavy atom. The molecule has 0 fully saturated rings. The summed E-state index contributed by atoms with van der Waals surface area (Å²) in [5.41, 5.74) is 7.53. The molecule has 3 N–H and O–H groups in total. The van der Waals surface area contributed by atoms with Crippen LogP contribution in [0.4, 0.5) is 0 Å². The Kier molecular flexibility index (Phi) is 5.35. The smallest absolute Gasteiger partial charge is 0.227 e. The minimum atomic E-state index is -0.498. The molecule has 0 saturated heterocycles. The summed E-state index contributed by atoms with van der Waals surface area (Å²) in [7, 11) is 0. The van der Waals surface area contributed by atoms with E-state index in [1.807, 2.05) is 13.8 Å². The number of carbonyl (C=O) groups excluding carboxylic acids is 1. The summed E-state index contributed by atoms with van der Waals surface area (Å²) < 4.78 is 0. The van der Waals surface area contributed by atoms with E-state index in [9.17, 15) is 4.79 Å². The second-order valence-corrected chi connectivity index (χ2v) is 5.34. The lowest BCUT2D eigenvalue weighted by Gasteiger charge is -2.21. The van der Waals surface area contributed by atoms with E-state index in [1.165, 1.54) is 5.56 Å². The molecule has 0 bridgehead atoms. The fourth-order valence-corrected chi connectivity index (χ4v) is 1.63. The maximum absolute atomic E-state index is 11.8. The van der Waals surface area contributed by atoms with Gasteiger partial charge in [-0.15, -0.1) is 0 Å². The highest BCUT2D eigenvalue weighted by Gasteiger charge is 2.25. The van der Waals surface area contributed by atoms with Crippen molar-refractivity contribution in [1.29, 1.82) is 0 Å². The van der Waals surface area contributed by atoms with Gasteiger partial charge in [0.25, 0.3) is 0 Å². The molecule has 1 amide bonds. The summed E-state index contributed by atoms with van der Waals surface area (Å²) in [6, 6.07) is 8.39. The van der Waals surface area contributed by atoms with Crippen LogP contribution in [0.5, 0.6) is 0 Å². The van der Waals surface area contributed by atoms with Gasteiger partial charge in [0.05, 0.1) is 5.41 Å². The van der Waals surface area contributed by atoms with Crippen molar-refractivity contribution in [3.8, 4) is 0 Å². The van der Waals surface area contributed by atoms with Crippen LogP contribution in [-0.2, 0) is 17.8 Å². The monoisotopic (exact) mass is 248 g/mol. The van der Waals surface area contributed by atoms with Gasteiger partial charge in [0.2, 0.25) is 5.91 Å². The predicted molar refractivity (Wildman–Crippen MR) is 75.1 cm³/mol. The Morgan fingerprint density at radius 1 is 1.22 bits per heavy atom. The molecule has 0 unspecified atom stereocenters. The van der Waals surface area contributed by atoms with Gasteiger partial charge in [-0.1, -0.05) is 37.6 Å². The molecule has 0 atom stereocenters. The van der Waals surface area contributed by atoms with Crippen LogP contribution in [0.15, 0.2) is 24.3 Å². The van der Waals surface area contributed by atoms with Crippen LogP contribution in [0.25, 0.3) is 0 Å². The van der Waals surface area contributed by atoms with Crippen LogP contribution in [0.1, 0.15) is 38.3 Å². The van der Waals surface area contributed by atoms with E-state index in [0.717, 1.165) is 18.4 Å². The van der Waals surface area contributed by atoms with Gasteiger partial charge in [0, 0.05) is 13.1 Å². The summed E-state index contributed by atoms with van der Waals surface area (Å²) in [6.45, 7) is 6.80. The van der Waals surface area contributed by atoms with Crippen molar-refractivity contribution < 1.29 is 4.79 Å². The highest BCUT2D eigenvalue weighted by atomic mass is 16.2. The molecular formula is C15H24N2O. The van der Waals surface area contributed by atoms with Crippen LogP contribution in [0.3, 0.4) is 0 Å². The van der Waals surface area contributed by atoms with Gasteiger partial charge in [0.15, 0.2) is 0 Å². The van der Waals surface area contributed by atoms with Gasteiger partial charge in [0.1, 0.15) is 0 Å². The number of hydrogen-bond donors (Lipinski definition) is 2. The minimum Gasteiger partial charge on any atom is -0.352 e. The fourth-order valence-electron chi connectivity index (χ4n) is 1.63. The Bertz CT molecular complexity index is 382. The number of benzene rings is 1. The van der Waals surface area contributed by atoms with Crippen molar-refractivity contribution in [3.63, 3.8) is 0 Å². The van der Waals surface area contributed by atoms with Gasteiger partial charge in [-0.25, -0.2) is 0 Å². The first-order valence-electron chi connectivity index (χ1n) is 6.56. The van der Waals surface area contributed by atoms with Crippen molar-refractivity contribution in [2.45, 2.75) is 40.2 Å². The molecule has 18 heavy (non-hydrogen) atoms. The Labute approximate surface area is 110 Å².